The molecule has 1 heterocycles. The third-order valence-corrected chi connectivity index (χ3v) is 1.86. The van der Waals surface area contributed by atoms with Gasteiger partial charge in [0.25, 0.3) is 5.91 Å². The molecule has 0 fully saturated rings. The average molecular weight is 257 g/mol. The Morgan fingerprint density at radius 1 is 1.71 bits per heavy atom. The van der Waals surface area contributed by atoms with Crippen LogP contribution in [-0.2, 0) is 0 Å². The van der Waals surface area contributed by atoms with Crippen LogP contribution in [0.15, 0.2) is 16.7 Å². The van der Waals surface area contributed by atoms with E-state index in [1.165, 1.54) is 13.1 Å². The Morgan fingerprint density at radius 3 is 2.93 bits per heavy atom. The molecule has 0 atom stereocenters. The minimum Gasteiger partial charge on any atom is -0.383 e. The van der Waals surface area contributed by atoms with E-state index in [1.54, 1.807) is 6.07 Å². The number of nitrogens with two attached hydrogens (primary N) is 1. The highest BCUT2D eigenvalue weighted by atomic mass is 79.9. The van der Waals surface area contributed by atoms with Gasteiger partial charge in [-0.3, -0.25) is 10.2 Å². The Bertz CT molecular complexity index is 391. The Balaban J connectivity index is 3.00. The summed E-state index contributed by atoms with van der Waals surface area (Å²) in [5.74, 6) is -0.217. The number of carbonyl (C=O) groups is 1. The lowest BCUT2D eigenvalue weighted by molar-refractivity contribution is 0.0977. The fraction of sp³-hybridized carbons (Fsp3) is 0.125. The van der Waals surface area contributed by atoms with Gasteiger partial charge in [0, 0.05) is 10.7 Å². The van der Waals surface area contributed by atoms with Gasteiger partial charge in [0.2, 0.25) is 0 Å². The van der Waals surface area contributed by atoms with Crippen molar-refractivity contribution in [3.05, 3.63) is 22.3 Å². The second kappa shape index (κ2) is 4.19. The zero-order valence-corrected chi connectivity index (χ0v) is 9.05. The molecule has 0 aliphatic carbocycles. The predicted octanol–water partition coefficient (Wildman–Crippen LogP) is 1.15. The number of nitrogens with zero attached hydrogens (tertiary/aromatic N) is 1. The maximum Gasteiger partial charge on any atom is 0.260 e. The number of nitrogen functional groups attached to an aromatic ring is 1. The van der Waals surface area contributed by atoms with Crippen LogP contribution in [0.2, 0.25) is 0 Å². The van der Waals surface area contributed by atoms with Crippen molar-refractivity contribution >= 4 is 33.5 Å². The van der Waals surface area contributed by atoms with Crippen LogP contribution in [-0.4, -0.2) is 16.7 Å². The molecule has 5 nitrogen and oxygen atoms in total. The highest BCUT2D eigenvalue weighted by Gasteiger charge is 2.11. The van der Waals surface area contributed by atoms with Crippen molar-refractivity contribution < 1.29 is 4.79 Å². The summed E-state index contributed by atoms with van der Waals surface area (Å²) in [6.07, 6.45) is 1.50. The normalized spacial score (nSPS) is 9.57. The van der Waals surface area contributed by atoms with Crippen LogP contribution >= 0.6 is 15.9 Å². The lowest BCUT2D eigenvalue weighted by atomic mass is 10.2. The monoisotopic (exact) mass is 256 g/mol. The van der Waals surface area contributed by atoms with E-state index in [2.05, 4.69) is 26.2 Å². The second-order valence-corrected chi connectivity index (χ2v) is 3.58. The first kappa shape index (κ1) is 10.6. The molecule has 0 radical (unpaired) electrons. The average Bonchev–Trinajstić information content (AvgIpc) is 2.08. The van der Waals surface area contributed by atoms with Gasteiger partial charge in [-0.2, -0.15) is 0 Å². The number of rotatable bonds is 1. The van der Waals surface area contributed by atoms with Crippen LogP contribution in [0.25, 0.3) is 0 Å². The summed E-state index contributed by atoms with van der Waals surface area (Å²) in [6.45, 7) is 1.47. The SMILES string of the molecule is CC(=N)NC(=O)c1cc(Br)cnc1N. The third kappa shape index (κ3) is 2.53. The molecule has 0 aliphatic rings. The standard InChI is InChI=1S/C8H9BrN4O/c1-4(10)13-8(14)6-2-5(9)3-12-7(6)11/h2-3H,1H3,(H2,11,12)(H2,10,13,14). The number of aromatic nitrogens is 1. The molecule has 1 rings (SSSR count). The molecule has 0 saturated heterocycles. The highest BCUT2D eigenvalue weighted by molar-refractivity contribution is 9.10. The van der Waals surface area contributed by atoms with E-state index in [4.69, 9.17) is 11.1 Å². The molecule has 6 heteroatoms. The zero-order chi connectivity index (χ0) is 10.7. The minimum atomic E-state index is -0.427. The van der Waals surface area contributed by atoms with E-state index in [0.717, 1.165) is 0 Å². The Morgan fingerprint density at radius 2 is 2.36 bits per heavy atom. The number of amides is 1. The molecule has 0 spiro atoms. The summed E-state index contributed by atoms with van der Waals surface area (Å²) in [5.41, 5.74) is 5.76. The van der Waals surface area contributed by atoms with Crippen molar-refractivity contribution in [2.45, 2.75) is 6.92 Å². The number of carbonyl (C=O) groups excluding carboxylic acids is 1. The molecule has 1 amide bonds. The minimum absolute atomic E-state index is 0.0642. The molecular formula is C8H9BrN4O. The number of pyridine rings is 1. The maximum atomic E-state index is 11.4. The van der Waals surface area contributed by atoms with E-state index >= 15 is 0 Å². The Kier molecular flexibility index (Phi) is 3.19. The summed E-state index contributed by atoms with van der Waals surface area (Å²) in [6, 6.07) is 1.56. The first-order valence-electron chi connectivity index (χ1n) is 3.78. The van der Waals surface area contributed by atoms with Crippen molar-refractivity contribution in [3.63, 3.8) is 0 Å². The van der Waals surface area contributed by atoms with Gasteiger partial charge in [-0.25, -0.2) is 4.98 Å². The lowest BCUT2D eigenvalue weighted by Crippen LogP contribution is -2.28. The fourth-order valence-corrected chi connectivity index (χ4v) is 1.20. The molecule has 1 aromatic heterocycles. The number of anilines is 1. The number of nitrogens with one attached hydrogen (secondary N) is 2. The number of halogens is 1. The van der Waals surface area contributed by atoms with Crippen LogP contribution in [0.3, 0.4) is 0 Å². The van der Waals surface area contributed by atoms with Crippen LogP contribution in [0.4, 0.5) is 5.82 Å². The molecule has 0 bridgehead atoms. The van der Waals surface area contributed by atoms with E-state index < -0.39 is 5.91 Å². The van der Waals surface area contributed by atoms with Crippen molar-refractivity contribution in [1.82, 2.24) is 10.3 Å². The maximum absolute atomic E-state index is 11.4. The molecule has 0 aromatic carbocycles. The van der Waals surface area contributed by atoms with Gasteiger partial charge in [0.1, 0.15) is 5.82 Å². The van der Waals surface area contributed by atoms with Gasteiger partial charge >= 0.3 is 0 Å². The Hall–Kier alpha value is -1.43. The molecule has 0 aliphatic heterocycles. The molecule has 74 valence electrons. The van der Waals surface area contributed by atoms with Gasteiger partial charge in [0.05, 0.1) is 11.4 Å². The first-order chi connectivity index (χ1) is 6.50. The fourth-order valence-electron chi connectivity index (χ4n) is 0.869. The van der Waals surface area contributed by atoms with Crippen LogP contribution in [0.1, 0.15) is 17.3 Å². The molecule has 1 aromatic rings. The van der Waals surface area contributed by atoms with Gasteiger partial charge in [-0.1, -0.05) is 0 Å². The first-order valence-corrected chi connectivity index (χ1v) is 4.57. The summed E-state index contributed by atoms with van der Waals surface area (Å²) in [5, 5.41) is 9.42. The van der Waals surface area contributed by atoms with Crippen LogP contribution in [0.5, 0.6) is 0 Å². The van der Waals surface area contributed by atoms with Gasteiger partial charge in [0.15, 0.2) is 0 Å². The third-order valence-electron chi connectivity index (χ3n) is 1.43. The van der Waals surface area contributed by atoms with E-state index in [-0.39, 0.29) is 17.2 Å². The van der Waals surface area contributed by atoms with Crippen molar-refractivity contribution in [3.8, 4) is 0 Å². The summed E-state index contributed by atoms with van der Waals surface area (Å²) in [7, 11) is 0. The molecule has 0 saturated carbocycles. The molecule has 4 N–H and O–H groups in total. The zero-order valence-electron chi connectivity index (χ0n) is 7.47. The summed E-state index contributed by atoms with van der Waals surface area (Å²) in [4.78, 5) is 15.2. The smallest absolute Gasteiger partial charge is 0.260 e. The largest absolute Gasteiger partial charge is 0.383 e. The molecular weight excluding hydrogens is 248 g/mol. The van der Waals surface area contributed by atoms with Gasteiger partial charge in [-0.05, 0) is 28.9 Å². The van der Waals surface area contributed by atoms with Gasteiger partial charge < -0.3 is 11.1 Å². The number of hydrogen-bond acceptors (Lipinski definition) is 4. The van der Waals surface area contributed by atoms with Crippen molar-refractivity contribution in [2.24, 2.45) is 0 Å². The molecule has 14 heavy (non-hydrogen) atoms. The van der Waals surface area contributed by atoms with E-state index in [1.807, 2.05) is 0 Å². The van der Waals surface area contributed by atoms with Crippen LogP contribution < -0.4 is 11.1 Å². The van der Waals surface area contributed by atoms with Crippen molar-refractivity contribution in [1.29, 1.82) is 5.41 Å². The highest BCUT2D eigenvalue weighted by Crippen LogP contribution is 2.15. The lowest BCUT2D eigenvalue weighted by Gasteiger charge is -2.05. The number of hydrogen-bond donors (Lipinski definition) is 3. The van der Waals surface area contributed by atoms with E-state index in [9.17, 15) is 4.79 Å². The second-order valence-electron chi connectivity index (χ2n) is 2.67. The quantitative estimate of drug-likeness (QED) is 0.520. The van der Waals surface area contributed by atoms with Gasteiger partial charge in [-0.15, -0.1) is 0 Å². The summed E-state index contributed by atoms with van der Waals surface area (Å²) < 4.78 is 0.666. The number of amidine groups is 1. The van der Waals surface area contributed by atoms with E-state index in [0.29, 0.717) is 4.47 Å². The molecule has 0 unspecified atom stereocenters. The Labute approximate surface area is 89.4 Å². The van der Waals surface area contributed by atoms with Crippen LogP contribution in [0, 0.1) is 5.41 Å². The predicted molar refractivity (Wildman–Crippen MR) is 57.2 cm³/mol. The van der Waals surface area contributed by atoms with Crippen molar-refractivity contribution in [2.75, 3.05) is 5.73 Å². The summed E-state index contributed by atoms with van der Waals surface area (Å²) >= 11 is 3.18. The topological polar surface area (TPSA) is 91.9 Å².